The zero-order valence-electron chi connectivity index (χ0n) is 13.1. The summed E-state index contributed by atoms with van der Waals surface area (Å²) < 4.78 is 6.03. The Morgan fingerprint density at radius 3 is 2.76 bits per heavy atom. The molecule has 1 aliphatic rings. The largest absolute Gasteiger partial charge is 0.480 e. The van der Waals surface area contributed by atoms with Crippen LogP contribution in [0.5, 0.6) is 5.88 Å². The molecule has 5 nitrogen and oxygen atoms in total. The van der Waals surface area contributed by atoms with Crippen LogP contribution in [0.15, 0.2) is 10.7 Å². The zero-order valence-corrected chi connectivity index (χ0v) is 14.7. The molecule has 1 aliphatic heterocycles. The maximum absolute atomic E-state index is 5.24. The van der Waals surface area contributed by atoms with Gasteiger partial charge in [-0.3, -0.25) is 0 Å². The Morgan fingerprint density at radius 1 is 1.43 bits per heavy atom. The van der Waals surface area contributed by atoms with Gasteiger partial charge in [0.25, 0.3) is 0 Å². The van der Waals surface area contributed by atoms with Crippen molar-refractivity contribution in [2.45, 2.75) is 26.7 Å². The monoisotopic (exact) mass is 356 g/mol. The van der Waals surface area contributed by atoms with E-state index in [1.54, 1.807) is 13.3 Å². The van der Waals surface area contributed by atoms with Crippen molar-refractivity contribution in [1.29, 1.82) is 0 Å². The summed E-state index contributed by atoms with van der Waals surface area (Å²) in [5.74, 6) is 2.84. The molecule has 0 bridgehead atoms. The molecule has 118 valence electrons. The summed E-state index contributed by atoms with van der Waals surface area (Å²) >= 11 is 3.39. The molecule has 21 heavy (non-hydrogen) atoms. The number of rotatable bonds is 6. The Kier molecular flexibility index (Phi) is 6.23. The highest BCUT2D eigenvalue weighted by atomic mass is 79.9. The first kappa shape index (κ1) is 16.5. The minimum atomic E-state index is 0.598. The summed E-state index contributed by atoms with van der Waals surface area (Å²) in [5, 5.41) is 3.56. The highest BCUT2D eigenvalue weighted by Gasteiger charge is 2.21. The highest BCUT2D eigenvalue weighted by Crippen LogP contribution is 2.26. The molecule has 2 rings (SSSR count). The average molecular weight is 357 g/mol. The topological polar surface area (TPSA) is 50.3 Å². The van der Waals surface area contributed by atoms with Crippen molar-refractivity contribution < 1.29 is 4.74 Å². The fraction of sp³-hybridized carbons (Fsp3) is 0.733. The van der Waals surface area contributed by atoms with Gasteiger partial charge < -0.3 is 15.0 Å². The van der Waals surface area contributed by atoms with Gasteiger partial charge in [-0.25, -0.2) is 4.98 Å². The Balaban J connectivity index is 1.83. The number of hydrogen-bond acceptors (Lipinski definition) is 5. The number of halogens is 1. The van der Waals surface area contributed by atoms with Crippen LogP contribution in [0.4, 0.5) is 5.95 Å². The van der Waals surface area contributed by atoms with Crippen LogP contribution in [0.25, 0.3) is 0 Å². The van der Waals surface area contributed by atoms with Crippen molar-refractivity contribution >= 4 is 21.9 Å². The van der Waals surface area contributed by atoms with E-state index in [1.807, 2.05) is 0 Å². The molecule has 2 heterocycles. The highest BCUT2D eigenvalue weighted by molar-refractivity contribution is 9.10. The minimum absolute atomic E-state index is 0.598. The third kappa shape index (κ3) is 4.81. The van der Waals surface area contributed by atoms with Gasteiger partial charge in [0, 0.05) is 13.1 Å². The molecule has 0 spiro atoms. The van der Waals surface area contributed by atoms with Gasteiger partial charge in [-0.1, -0.05) is 13.8 Å². The van der Waals surface area contributed by atoms with Crippen molar-refractivity contribution in [1.82, 2.24) is 15.3 Å². The van der Waals surface area contributed by atoms with Crippen LogP contribution in [0.2, 0.25) is 0 Å². The summed E-state index contributed by atoms with van der Waals surface area (Å²) in [6.07, 6.45) is 4.14. The standard InChI is InChI=1S/C15H25BrN4O/c1-11(2)8-17-9-12-4-6-20(7-5-12)15-18-10-13(16)14(19-15)21-3/h10-12,17H,4-9H2,1-3H3. The minimum Gasteiger partial charge on any atom is -0.480 e. The lowest BCUT2D eigenvalue weighted by Crippen LogP contribution is -2.38. The lowest BCUT2D eigenvalue weighted by molar-refractivity contribution is 0.368. The van der Waals surface area contributed by atoms with Crippen LogP contribution in [-0.4, -0.2) is 43.3 Å². The lowest BCUT2D eigenvalue weighted by Gasteiger charge is -2.32. The van der Waals surface area contributed by atoms with Crippen LogP contribution in [-0.2, 0) is 0 Å². The number of ether oxygens (including phenoxy) is 1. The van der Waals surface area contributed by atoms with Crippen LogP contribution >= 0.6 is 15.9 Å². The molecule has 0 aromatic carbocycles. The number of piperidine rings is 1. The maximum Gasteiger partial charge on any atom is 0.232 e. The van der Waals surface area contributed by atoms with Gasteiger partial charge in [0.2, 0.25) is 11.8 Å². The molecule has 0 unspecified atom stereocenters. The van der Waals surface area contributed by atoms with E-state index >= 15 is 0 Å². The van der Waals surface area contributed by atoms with Crippen LogP contribution < -0.4 is 15.0 Å². The second kappa shape index (κ2) is 7.94. The Labute approximate surface area is 135 Å². The molecule has 0 amide bonds. The van der Waals surface area contributed by atoms with Gasteiger partial charge in [-0.05, 0) is 53.7 Å². The molecule has 1 aromatic heterocycles. The zero-order chi connectivity index (χ0) is 15.2. The van der Waals surface area contributed by atoms with E-state index in [9.17, 15) is 0 Å². The van der Waals surface area contributed by atoms with Crippen molar-refractivity contribution in [2.24, 2.45) is 11.8 Å². The number of nitrogens with zero attached hydrogens (tertiary/aromatic N) is 3. The molecule has 0 saturated carbocycles. The number of hydrogen-bond donors (Lipinski definition) is 1. The van der Waals surface area contributed by atoms with E-state index < -0.39 is 0 Å². The van der Waals surface area contributed by atoms with Crippen molar-refractivity contribution in [2.75, 3.05) is 38.2 Å². The third-order valence-corrected chi connectivity index (χ3v) is 4.32. The van der Waals surface area contributed by atoms with E-state index in [0.29, 0.717) is 11.8 Å². The summed E-state index contributed by atoms with van der Waals surface area (Å²) in [4.78, 5) is 11.1. The van der Waals surface area contributed by atoms with Gasteiger partial charge in [-0.15, -0.1) is 0 Å². The number of aromatic nitrogens is 2. The van der Waals surface area contributed by atoms with Gasteiger partial charge in [0.05, 0.1) is 17.8 Å². The maximum atomic E-state index is 5.24. The van der Waals surface area contributed by atoms with Crippen molar-refractivity contribution in [3.63, 3.8) is 0 Å². The Bertz CT molecular complexity index is 447. The summed E-state index contributed by atoms with van der Waals surface area (Å²) in [6.45, 7) is 8.74. The summed E-state index contributed by atoms with van der Waals surface area (Å²) in [7, 11) is 1.63. The predicted molar refractivity (Wildman–Crippen MR) is 88.9 cm³/mol. The Morgan fingerprint density at radius 2 is 2.14 bits per heavy atom. The average Bonchev–Trinajstić information content (AvgIpc) is 2.48. The lowest BCUT2D eigenvalue weighted by atomic mass is 9.97. The van der Waals surface area contributed by atoms with E-state index in [4.69, 9.17) is 4.74 Å². The normalized spacial score (nSPS) is 16.5. The quantitative estimate of drug-likeness (QED) is 0.848. The fourth-order valence-electron chi connectivity index (χ4n) is 2.55. The predicted octanol–water partition coefficient (Wildman–Crippen LogP) is 2.71. The molecule has 0 radical (unpaired) electrons. The number of methoxy groups -OCH3 is 1. The molecule has 1 saturated heterocycles. The third-order valence-electron chi connectivity index (χ3n) is 3.78. The summed E-state index contributed by atoms with van der Waals surface area (Å²) in [5.41, 5.74) is 0. The van der Waals surface area contributed by atoms with Gasteiger partial charge in [-0.2, -0.15) is 4.98 Å². The van der Waals surface area contributed by atoms with Gasteiger partial charge in [0.1, 0.15) is 0 Å². The first-order chi connectivity index (χ1) is 10.1. The summed E-state index contributed by atoms with van der Waals surface area (Å²) in [6, 6.07) is 0. The van der Waals surface area contributed by atoms with Crippen molar-refractivity contribution in [3.8, 4) is 5.88 Å². The molecule has 0 aliphatic carbocycles. The van der Waals surface area contributed by atoms with Crippen molar-refractivity contribution in [3.05, 3.63) is 10.7 Å². The van der Waals surface area contributed by atoms with Crippen LogP contribution in [0.1, 0.15) is 26.7 Å². The first-order valence-corrected chi connectivity index (χ1v) is 8.41. The van der Waals surface area contributed by atoms with E-state index in [0.717, 1.165) is 42.5 Å². The SMILES string of the molecule is COc1nc(N2CCC(CNCC(C)C)CC2)ncc1Br. The smallest absolute Gasteiger partial charge is 0.232 e. The first-order valence-electron chi connectivity index (χ1n) is 7.62. The van der Waals surface area contributed by atoms with Crippen LogP contribution in [0.3, 0.4) is 0 Å². The molecular formula is C15H25BrN4O. The molecule has 6 heteroatoms. The molecule has 0 atom stereocenters. The number of anilines is 1. The molecule has 1 aromatic rings. The second-order valence-corrected chi connectivity index (χ2v) is 6.86. The van der Waals surface area contributed by atoms with Gasteiger partial charge >= 0.3 is 0 Å². The molecule has 1 fully saturated rings. The second-order valence-electron chi connectivity index (χ2n) is 6.01. The van der Waals surface area contributed by atoms with E-state index in [-0.39, 0.29) is 0 Å². The van der Waals surface area contributed by atoms with Gasteiger partial charge in [0.15, 0.2) is 0 Å². The fourth-order valence-corrected chi connectivity index (χ4v) is 2.90. The van der Waals surface area contributed by atoms with Crippen LogP contribution in [0, 0.1) is 11.8 Å². The Hall–Kier alpha value is -0.880. The number of nitrogens with one attached hydrogen (secondary N) is 1. The molecular weight excluding hydrogens is 332 g/mol. The van der Waals surface area contributed by atoms with E-state index in [1.165, 1.54) is 12.8 Å². The molecule has 1 N–H and O–H groups in total. The van der Waals surface area contributed by atoms with E-state index in [2.05, 4.69) is 50.0 Å².